The second kappa shape index (κ2) is 7.09. The summed E-state index contributed by atoms with van der Waals surface area (Å²) in [7, 11) is -1.68. The largest absolute Gasteiger partial charge is 0.316 e. The van der Waals surface area contributed by atoms with E-state index in [0.717, 1.165) is 18.4 Å². The Morgan fingerprint density at radius 1 is 1.33 bits per heavy atom. The fourth-order valence-corrected chi connectivity index (χ4v) is 4.71. The van der Waals surface area contributed by atoms with E-state index in [1.165, 1.54) is 12.8 Å². The molecule has 5 nitrogen and oxygen atoms in total. The van der Waals surface area contributed by atoms with Gasteiger partial charge in [0.2, 0.25) is 0 Å². The maximum atomic E-state index is 12.3. The molecule has 0 atom stereocenters. The van der Waals surface area contributed by atoms with Crippen LogP contribution in [-0.2, 0) is 16.6 Å². The number of hydrogen-bond donors (Lipinski definition) is 2. The monoisotopic (exact) mass is 329 g/mol. The summed E-state index contributed by atoms with van der Waals surface area (Å²) in [5.41, 5.74) is 0.966. The van der Waals surface area contributed by atoms with E-state index < -0.39 is 10.0 Å². The van der Waals surface area contributed by atoms with Crippen molar-refractivity contribution < 1.29 is 8.42 Å². The van der Waals surface area contributed by atoms with Gasteiger partial charge in [-0.3, -0.25) is 0 Å². The van der Waals surface area contributed by atoms with Crippen molar-refractivity contribution in [2.75, 3.05) is 19.8 Å². The number of pyridine rings is 1. The van der Waals surface area contributed by atoms with Crippen molar-refractivity contribution in [3.05, 3.63) is 23.9 Å². The standard InChI is InChI=1S/C14H23N3O2S2/c1-15-9-12-5-6-13(16-10-12)21(18,19)17-11-14(20-2)7-3-4-8-14/h5-6,10,15,17H,3-4,7-9,11H2,1-2H3. The van der Waals surface area contributed by atoms with Gasteiger partial charge in [0.1, 0.15) is 0 Å². The highest BCUT2D eigenvalue weighted by Gasteiger charge is 2.34. The molecule has 0 aromatic carbocycles. The minimum absolute atomic E-state index is 0.0547. The van der Waals surface area contributed by atoms with Gasteiger partial charge in [0, 0.05) is 24.0 Å². The third-order valence-electron chi connectivity index (χ3n) is 3.99. The molecule has 1 fully saturated rings. The molecular weight excluding hydrogens is 306 g/mol. The van der Waals surface area contributed by atoms with Gasteiger partial charge < -0.3 is 5.32 Å². The van der Waals surface area contributed by atoms with Crippen LogP contribution in [0.15, 0.2) is 23.4 Å². The van der Waals surface area contributed by atoms with Crippen molar-refractivity contribution in [2.24, 2.45) is 0 Å². The third-order valence-corrected chi connectivity index (χ3v) is 6.72. The zero-order valence-electron chi connectivity index (χ0n) is 12.6. The second-order valence-corrected chi connectivity index (χ2v) is 8.44. The van der Waals surface area contributed by atoms with Gasteiger partial charge >= 0.3 is 0 Å². The lowest BCUT2D eigenvalue weighted by Crippen LogP contribution is -2.38. The molecule has 7 heteroatoms. The van der Waals surface area contributed by atoms with Crippen LogP contribution < -0.4 is 10.0 Å². The summed E-state index contributed by atoms with van der Waals surface area (Å²) < 4.78 is 27.4. The summed E-state index contributed by atoms with van der Waals surface area (Å²) in [6.07, 6.45) is 8.17. The first-order valence-electron chi connectivity index (χ1n) is 7.16. The molecule has 1 aliphatic carbocycles. The Morgan fingerprint density at radius 3 is 2.57 bits per heavy atom. The highest BCUT2D eigenvalue weighted by molar-refractivity contribution is 8.00. The maximum Gasteiger partial charge on any atom is 0.258 e. The summed E-state index contributed by atoms with van der Waals surface area (Å²) in [5.74, 6) is 0. The Morgan fingerprint density at radius 2 is 2.05 bits per heavy atom. The highest BCUT2D eigenvalue weighted by Crippen LogP contribution is 2.39. The second-order valence-electron chi connectivity index (χ2n) is 5.45. The molecule has 0 aliphatic heterocycles. The number of thioether (sulfide) groups is 1. The molecule has 0 amide bonds. The Labute approximate surface area is 131 Å². The van der Waals surface area contributed by atoms with Gasteiger partial charge in [0.15, 0.2) is 5.03 Å². The predicted octanol–water partition coefficient (Wildman–Crippen LogP) is 1.76. The highest BCUT2D eigenvalue weighted by atomic mass is 32.2. The first-order valence-corrected chi connectivity index (χ1v) is 9.86. The van der Waals surface area contributed by atoms with Crippen molar-refractivity contribution in [3.63, 3.8) is 0 Å². The molecule has 0 saturated heterocycles. The molecule has 2 rings (SSSR count). The number of sulfonamides is 1. The van der Waals surface area contributed by atoms with Crippen molar-refractivity contribution in [2.45, 2.75) is 42.0 Å². The maximum absolute atomic E-state index is 12.3. The van der Waals surface area contributed by atoms with E-state index in [-0.39, 0.29) is 9.77 Å². The Hall–Kier alpha value is -0.630. The minimum Gasteiger partial charge on any atom is -0.316 e. The zero-order valence-corrected chi connectivity index (χ0v) is 14.2. The van der Waals surface area contributed by atoms with Gasteiger partial charge in [0.25, 0.3) is 10.0 Å². The molecule has 118 valence electrons. The van der Waals surface area contributed by atoms with Crippen molar-refractivity contribution in [1.82, 2.24) is 15.0 Å². The minimum atomic E-state index is -3.52. The number of rotatable bonds is 7. The lowest BCUT2D eigenvalue weighted by molar-refractivity contribution is 0.548. The van der Waals surface area contributed by atoms with Crippen molar-refractivity contribution >= 4 is 21.8 Å². The first kappa shape index (κ1) is 16.7. The van der Waals surface area contributed by atoms with E-state index in [2.05, 4.69) is 21.3 Å². The summed E-state index contributed by atoms with van der Waals surface area (Å²) in [5, 5.41) is 3.10. The van der Waals surface area contributed by atoms with Crippen molar-refractivity contribution in [1.29, 1.82) is 0 Å². The lowest BCUT2D eigenvalue weighted by atomic mass is 10.1. The normalized spacial score (nSPS) is 18.0. The summed E-state index contributed by atoms with van der Waals surface area (Å²) in [6, 6.07) is 3.35. The fraction of sp³-hybridized carbons (Fsp3) is 0.643. The SMILES string of the molecule is CNCc1ccc(S(=O)(=O)NCC2(SC)CCCC2)nc1. The van der Waals surface area contributed by atoms with Crippen LogP contribution in [0.2, 0.25) is 0 Å². The summed E-state index contributed by atoms with van der Waals surface area (Å²) >= 11 is 1.77. The zero-order chi connectivity index (χ0) is 15.3. The van der Waals surface area contributed by atoms with Gasteiger partial charge in [0.05, 0.1) is 0 Å². The van der Waals surface area contributed by atoms with E-state index >= 15 is 0 Å². The van der Waals surface area contributed by atoms with E-state index in [1.54, 1.807) is 30.1 Å². The third kappa shape index (κ3) is 4.18. The van der Waals surface area contributed by atoms with Crippen molar-refractivity contribution in [3.8, 4) is 0 Å². The number of hydrogen-bond acceptors (Lipinski definition) is 5. The van der Waals surface area contributed by atoms with Crippen LogP contribution >= 0.6 is 11.8 Å². The lowest BCUT2D eigenvalue weighted by Gasteiger charge is -2.26. The predicted molar refractivity (Wildman–Crippen MR) is 86.9 cm³/mol. The number of aromatic nitrogens is 1. The Kier molecular flexibility index (Phi) is 5.65. The molecule has 1 heterocycles. The van der Waals surface area contributed by atoms with Crippen LogP contribution in [0.4, 0.5) is 0 Å². The van der Waals surface area contributed by atoms with Crippen LogP contribution in [0.5, 0.6) is 0 Å². The number of nitrogens with zero attached hydrogens (tertiary/aromatic N) is 1. The van der Waals surface area contributed by atoms with E-state index in [4.69, 9.17) is 0 Å². The molecule has 0 unspecified atom stereocenters. The molecule has 2 N–H and O–H groups in total. The topological polar surface area (TPSA) is 71.1 Å². The quantitative estimate of drug-likeness (QED) is 0.797. The average molecular weight is 329 g/mol. The van der Waals surface area contributed by atoms with Crippen LogP contribution in [0, 0.1) is 0 Å². The molecule has 1 aliphatic rings. The van der Waals surface area contributed by atoms with E-state index in [1.807, 2.05) is 7.05 Å². The molecule has 21 heavy (non-hydrogen) atoms. The fourth-order valence-electron chi connectivity index (χ4n) is 2.65. The molecule has 1 aromatic heterocycles. The van der Waals surface area contributed by atoms with E-state index in [9.17, 15) is 8.42 Å². The smallest absolute Gasteiger partial charge is 0.258 e. The Bertz CT molecular complexity index is 552. The van der Waals surface area contributed by atoms with Gasteiger partial charge in [-0.05, 0) is 37.8 Å². The molecule has 0 spiro atoms. The van der Waals surface area contributed by atoms with Crippen LogP contribution in [0.3, 0.4) is 0 Å². The number of nitrogens with one attached hydrogen (secondary N) is 2. The van der Waals surface area contributed by atoms with Gasteiger partial charge in [-0.15, -0.1) is 0 Å². The van der Waals surface area contributed by atoms with Crippen LogP contribution in [-0.4, -0.2) is 38.0 Å². The first-order chi connectivity index (χ1) is 10.0. The summed E-state index contributed by atoms with van der Waals surface area (Å²) in [4.78, 5) is 4.07. The van der Waals surface area contributed by atoms with Crippen LogP contribution in [0.1, 0.15) is 31.2 Å². The Balaban J connectivity index is 2.04. The van der Waals surface area contributed by atoms with E-state index in [0.29, 0.717) is 13.1 Å². The van der Waals surface area contributed by atoms with Gasteiger partial charge in [-0.2, -0.15) is 11.8 Å². The molecule has 0 radical (unpaired) electrons. The van der Waals surface area contributed by atoms with Gasteiger partial charge in [-0.25, -0.2) is 18.1 Å². The van der Waals surface area contributed by atoms with Crippen LogP contribution in [0.25, 0.3) is 0 Å². The summed E-state index contributed by atoms with van der Waals surface area (Å²) in [6.45, 7) is 1.16. The molecule has 0 bridgehead atoms. The molecule has 1 aromatic rings. The van der Waals surface area contributed by atoms with Gasteiger partial charge in [-0.1, -0.05) is 18.9 Å². The molecular formula is C14H23N3O2S2. The molecule has 1 saturated carbocycles. The average Bonchev–Trinajstić information content (AvgIpc) is 2.96.